The lowest BCUT2D eigenvalue weighted by molar-refractivity contribution is 0.427. The van der Waals surface area contributed by atoms with Crippen LogP contribution in [0.1, 0.15) is 12.6 Å². The summed E-state index contributed by atoms with van der Waals surface area (Å²) in [6.07, 6.45) is 2.85. The normalized spacial score (nSPS) is 13.5. The van der Waals surface area contributed by atoms with E-state index in [-0.39, 0.29) is 0 Å². The van der Waals surface area contributed by atoms with Crippen molar-refractivity contribution in [2.24, 2.45) is 0 Å². The molecule has 0 unspecified atom stereocenters. The number of aromatic nitrogens is 1. The fraction of sp³-hybridized carbons (Fsp3) is 0.286. The van der Waals surface area contributed by atoms with Crippen LogP contribution in [0.25, 0.3) is 0 Å². The lowest BCUT2D eigenvalue weighted by atomic mass is 10.3. The first-order valence-corrected chi connectivity index (χ1v) is 5.93. The van der Waals surface area contributed by atoms with Gasteiger partial charge in [-0.25, -0.2) is 0 Å². The zero-order chi connectivity index (χ0) is 11.7. The second-order valence-electron chi connectivity index (χ2n) is 2.18. The molecule has 0 aliphatic rings. The van der Waals surface area contributed by atoms with Gasteiger partial charge in [-0.3, -0.25) is 14.1 Å². The quantitative estimate of drug-likeness (QED) is 0.777. The van der Waals surface area contributed by atoms with E-state index in [0.717, 1.165) is 12.1 Å². The van der Waals surface area contributed by atoms with Crippen LogP contribution >= 0.6 is 0 Å². The number of aryl methyl sites for hydroxylation is 1. The Balaban J connectivity index is 0.000000265. The molecule has 1 aromatic rings. The van der Waals surface area contributed by atoms with Crippen molar-refractivity contribution in [2.75, 3.05) is 0 Å². The highest BCUT2D eigenvalue weighted by Gasteiger charge is 1.96. The van der Waals surface area contributed by atoms with Gasteiger partial charge in [0.05, 0.1) is 0 Å². The summed E-state index contributed by atoms with van der Waals surface area (Å²) in [5, 5.41) is 0. The molecule has 0 aliphatic carbocycles. The van der Waals surface area contributed by atoms with Gasteiger partial charge in [0, 0.05) is 11.9 Å². The van der Waals surface area contributed by atoms with Crippen LogP contribution in [-0.4, -0.2) is 22.5 Å². The van der Waals surface area contributed by atoms with Gasteiger partial charge in [-0.2, -0.15) is 8.42 Å². The molecule has 0 spiro atoms. The van der Waals surface area contributed by atoms with Crippen molar-refractivity contribution in [1.29, 1.82) is 0 Å². The lowest BCUT2D eigenvalue weighted by Gasteiger charge is -1.88. The van der Waals surface area contributed by atoms with Gasteiger partial charge in [0.1, 0.15) is 0 Å². The molecule has 8 heteroatoms. The molecule has 2 N–H and O–H groups in total. The van der Waals surface area contributed by atoms with E-state index in [1.54, 1.807) is 0 Å². The molecular weight excluding hydrogens is 242 g/mol. The Bertz CT molecular complexity index is 306. The predicted molar refractivity (Wildman–Crippen MR) is 56.2 cm³/mol. The fourth-order valence-electron chi connectivity index (χ4n) is 0.657. The van der Waals surface area contributed by atoms with E-state index >= 15 is 0 Å². The van der Waals surface area contributed by atoms with E-state index in [1.165, 1.54) is 0 Å². The van der Waals surface area contributed by atoms with Crippen molar-refractivity contribution in [2.45, 2.75) is 13.3 Å². The topological polar surface area (TPSA) is 96.7 Å². The fourth-order valence-corrected chi connectivity index (χ4v) is 1.06. The summed E-state index contributed by atoms with van der Waals surface area (Å²) in [6.45, 7) is 2.10. The first-order chi connectivity index (χ1) is 7.06. The minimum Gasteiger partial charge on any atom is -0.283 e. The number of rotatable bonds is 3. The molecule has 0 fully saturated rings. The number of hydrogen-bond donors (Lipinski definition) is 2. The zero-order valence-corrected chi connectivity index (χ0v) is 9.53. The van der Waals surface area contributed by atoms with Gasteiger partial charge in [-0.05, 0) is 18.6 Å². The maximum atomic E-state index is 9.35. The Kier molecular flexibility index (Phi) is 8.24. The molecule has 0 amide bonds. The Morgan fingerprint density at radius 2 is 1.93 bits per heavy atom. The zero-order valence-electron chi connectivity index (χ0n) is 7.90. The Labute approximate surface area is 92.7 Å². The van der Waals surface area contributed by atoms with Gasteiger partial charge < -0.3 is 0 Å². The number of nitrogens with zero attached hydrogens (tertiary/aromatic N) is 1. The highest BCUT2D eigenvalue weighted by Crippen LogP contribution is 1.91. The summed E-state index contributed by atoms with van der Waals surface area (Å²) >= 11 is -5.29. The van der Waals surface area contributed by atoms with Gasteiger partial charge >= 0.3 is 22.7 Å². The third-order valence-electron chi connectivity index (χ3n) is 1.20. The standard InChI is InChI=1S/C7H9N.H2O5S2/c1-2-7-5-3-4-6-8-7;1-6(2)5-7(3)4/h3-6H,2H2,1H3;(H,1,2)(H,3,4). The van der Waals surface area contributed by atoms with Crippen LogP contribution in [0.2, 0.25) is 0 Å². The van der Waals surface area contributed by atoms with Crippen molar-refractivity contribution < 1.29 is 21.2 Å². The molecular formula is C7H11NO5S2. The lowest BCUT2D eigenvalue weighted by Crippen LogP contribution is -1.96. The second kappa shape index (κ2) is 8.62. The molecule has 1 heterocycles. The first kappa shape index (κ1) is 14.3. The van der Waals surface area contributed by atoms with E-state index < -0.39 is 22.7 Å². The Morgan fingerprint density at radius 1 is 1.33 bits per heavy atom. The van der Waals surface area contributed by atoms with Gasteiger partial charge in [0.25, 0.3) is 0 Å². The van der Waals surface area contributed by atoms with Gasteiger partial charge in [-0.1, -0.05) is 13.0 Å². The summed E-state index contributed by atoms with van der Waals surface area (Å²) in [5.41, 5.74) is 1.16. The average molecular weight is 253 g/mol. The van der Waals surface area contributed by atoms with Crippen molar-refractivity contribution in [3.63, 3.8) is 0 Å². The van der Waals surface area contributed by atoms with Crippen LogP contribution in [0.15, 0.2) is 24.4 Å². The van der Waals surface area contributed by atoms with E-state index in [0.29, 0.717) is 0 Å². The molecule has 0 atom stereocenters. The highest BCUT2D eigenvalue weighted by atomic mass is 32.3. The second-order valence-corrected chi connectivity index (χ2v) is 3.59. The molecule has 86 valence electrons. The van der Waals surface area contributed by atoms with E-state index in [1.807, 2.05) is 24.4 Å². The van der Waals surface area contributed by atoms with E-state index in [2.05, 4.69) is 15.5 Å². The predicted octanol–water partition coefficient (Wildman–Crippen LogP) is 0.920. The third kappa shape index (κ3) is 9.63. The molecule has 0 saturated heterocycles. The molecule has 0 aliphatic heterocycles. The summed E-state index contributed by atoms with van der Waals surface area (Å²) in [6, 6.07) is 5.96. The molecule has 0 aromatic carbocycles. The molecule has 0 bridgehead atoms. The summed E-state index contributed by atoms with van der Waals surface area (Å²) in [7, 11) is 0. The molecule has 15 heavy (non-hydrogen) atoms. The first-order valence-electron chi connectivity index (χ1n) is 3.86. The molecule has 6 nitrogen and oxygen atoms in total. The minimum absolute atomic E-state index is 1.03. The molecule has 0 saturated carbocycles. The van der Waals surface area contributed by atoms with Crippen molar-refractivity contribution in [1.82, 2.24) is 4.98 Å². The summed E-state index contributed by atoms with van der Waals surface area (Å²) in [4.78, 5) is 4.10. The molecule has 1 aromatic heterocycles. The van der Waals surface area contributed by atoms with Crippen LogP contribution in [0.3, 0.4) is 0 Å². The van der Waals surface area contributed by atoms with Gasteiger partial charge in [0.15, 0.2) is 0 Å². The van der Waals surface area contributed by atoms with Crippen molar-refractivity contribution in [3.05, 3.63) is 30.1 Å². The molecule has 1 rings (SSSR count). The average Bonchev–Trinajstić information content (AvgIpc) is 2.18. The summed E-state index contributed by atoms with van der Waals surface area (Å²) < 4.78 is 37.2. The third-order valence-corrected chi connectivity index (χ3v) is 2.14. The summed E-state index contributed by atoms with van der Waals surface area (Å²) in [5.74, 6) is 0. The maximum absolute atomic E-state index is 9.35. The van der Waals surface area contributed by atoms with E-state index in [4.69, 9.17) is 9.11 Å². The van der Waals surface area contributed by atoms with Crippen LogP contribution in [0, 0.1) is 0 Å². The van der Waals surface area contributed by atoms with Crippen LogP contribution in [0.4, 0.5) is 0 Å². The SMILES string of the molecule is CCc1ccccn1.O=S(O)OS(=O)O. The molecule has 0 radical (unpaired) electrons. The van der Waals surface area contributed by atoms with Crippen LogP contribution < -0.4 is 0 Å². The van der Waals surface area contributed by atoms with Gasteiger partial charge in [0.2, 0.25) is 0 Å². The monoisotopic (exact) mass is 253 g/mol. The van der Waals surface area contributed by atoms with Gasteiger partial charge in [-0.15, -0.1) is 3.63 Å². The number of hydrogen-bond acceptors (Lipinski definition) is 4. The van der Waals surface area contributed by atoms with Crippen molar-refractivity contribution in [3.8, 4) is 0 Å². The van der Waals surface area contributed by atoms with Crippen molar-refractivity contribution >= 4 is 22.7 Å². The maximum Gasteiger partial charge on any atom is 0.317 e. The van der Waals surface area contributed by atoms with Crippen LogP contribution in [-0.2, 0) is 32.8 Å². The highest BCUT2D eigenvalue weighted by molar-refractivity contribution is 7.87. The van der Waals surface area contributed by atoms with E-state index in [9.17, 15) is 8.42 Å². The van der Waals surface area contributed by atoms with Crippen LogP contribution in [0.5, 0.6) is 0 Å². The minimum atomic E-state index is -2.65. The smallest absolute Gasteiger partial charge is 0.283 e. The Hall–Kier alpha value is -0.670. The number of pyridine rings is 1. The largest absolute Gasteiger partial charge is 0.317 e. The Morgan fingerprint density at radius 3 is 2.13 bits per heavy atom.